The average Bonchev–Trinajstić information content (AvgIpc) is 2.53. The minimum Gasteiger partial charge on any atom is -0.311 e. The Morgan fingerprint density at radius 1 is 1.05 bits per heavy atom. The second-order valence-electron chi connectivity index (χ2n) is 4.60. The number of carbonyl (C=O) groups excluding carboxylic acids is 1. The van der Waals surface area contributed by atoms with Crippen molar-refractivity contribution >= 4 is 34.2 Å². The van der Waals surface area contributed by atoms with Crippen LogP contribution in [-0.4, -0.2) is 22.9 Å². The summed E-state index contributed by atoms with van der Waals surface area (Å²) in [6, 6.07) is 12.4. The molecule has 0 radical (unpaired) electrons. The van der Waals surface area contributed by atoms with Crippen LogP contribution in [0.25, 0.3) is 11.0 Å². The Morgan fingerprint density at radius 2 is 1.81 bits per heavy atom. The predicted octanol–water partition coefficient (Wildman–Crippen LogP) is 3.56. The maximum absolute atomic E-state index is 12.5. The first-order valence-corrected chi connectivity index (χ1v) is 6.77. The zero-order chi connectivity index (χ0) is 14.8. The first-order valence-electron chi connectivity index (χ1n) is 6.39. The van der Waals surface area contributed by atoms with Crippen molar-refractivity contribution in [2.24, 2.45) is 0 Å². The summed E-state index contributed by atoms with van der Waals surface area (Å²) in [6.45, 7) is 0. The normalized spacial score (nSPS) is 10.6. The van der Waals surface area contributed by atoms with Gasteiger partial charge in [0.2, 0.25) is 0 Å². The highest BCUT2D eigenvalue weighted by atomic mass is 35.5. The van der Waals surface area contributed by atoms with Crippen LogP contribution in [0.5, 0.6) is 0 Å². The van der Waals surface area contributed by atoms with Gasteiger partial charge in [-0.2, -0.15) is 0 Å². The molecule has 0 saturated carbocycles. The molecule has 0 unspecified atom stereocenters. The van der Waals surface area contributed by atoms with E-state index in [9.17, 15) is 4.79 Å². The summed E-state index contributed by atoms with van der Waals surface area (Å²) in [5.74, 6) is -0.124. The maximum atomic E-state index is 12.5. The number of hydrogen-bond donors (Lipinski definition) is 0. The molecule has 0 fully saturated rings. The first-order chi connectivity index (χ1) is 10.1. The minimum absolute atomic E-state index is 0.124. The van der Waals surface area contributed by atoms with Crippen LogP contribution in [0.4, 0.5) is 5.69 Å². The van der Waals surface area contributed by atoms with Crippen molar-refractivity contribution in [3.63, 3.8) is 0 Å². The zero-order valence-corrected chi connectivity index (χ0v) is 12.1. The molecule has 104 valence electrons. The van der Waals surface area contributed by atoms with Crippen molar-refractivity contribution in [3.05, 3.63) is 65.4 Å². The van der Waals surface area contributed by atoms with Crippen molar-refractivity contribution in [1.82, 2.24) is 9.97 Å². The average molecular weight is 298 g/mol. The van der Waals surface area contributed by atoms with E-state index in [2.05, 4.69) is 9.97 Å². The SMILES string of the molecule is CN(C(=O)c1cccc(Cl)c1)c1ccc2nccnc2c1. The Bertz CT molecular complexity index is 819. The van der Waals surface area contributed by atoms with Crippen molar-refractivity contribution < 1.29 is 4.79 Å². The summed E-state index contributed by atoms with van der Waals surface area (Å²) in [5, 5.41) is 0.540. The number of nitrogens with zero attached hydrogens (tertiary/aromatic N) is 3. The van der Waals surface area contributed by atoms with E-state index >= 15 is 0 Å². The van der Waals surface area contributed by atoms with E-state index in [4.69, 9.17) is 11.6 Å². The molecule has 1 aromatic heterocycles. The van der Waals surface area contributed by atoms with Crippen LogP contribution >= 0.6 is 11.6 Å². The van der Waals surface area contributed by atoms with E-state index in [1.807, 2.05) is 18.2 Å². The molecule has 1 heterocycles. The van der Waals surface area contributed by atoms with Crippen LogP contribution in [0.2, 0.25) is 5.02 Å². The van der Waals surface area contributed by atoms with Crippen LogP contribution < -0.4 is 4.90 Å². The number of amides is 1. The summed E-state index contributed by atoms with van der Waals surface area (Å²) >= 11 is 5.93. The van der Waals surface area contributed by atoms with E-state index < -0.39 is 0 Å². The number of hydrogen-bond acceptors (Lipinski definition) is 3. The number of fused-ring (bicyclic) bond motifs is 1. The van der Waals surface area contributed by atoms with Gasteiger partial charge in [-0.25, -0.2) is 0 Å². The minimum atomic E-state index is -0.124. The second kappa shape index (κ2) is 5.50. The molecule has 0 spiro atoms. The number of benzene rings is 2. The van der Waals surface area contributed by atoms with Gasteiger partial charge in [0.05, 0.1) is 11.0 Å². The topological polar surface area (TPSA) is 46.1 Å². The van der Waals surface area contributed by atoms with Gasteiger partial charge in [0, 0.05) is 35.7 Å². The molecule has 5 heteroatoms. The van der Waals surface area contributed by atoms with Gasteiger partial charge in [0.15, 0.2) is 0 Å². The van der Waals surface area contributed by atoms with Crippen molar-refractivity contribution in [3.8, 4) is 0 Å². The lowest BCUT2D eigenvalue weighted by Gasteiger charge is -2.17. The molecule has 4 nitrogen and oxygen atoms in total. The van der Waals surface area contributed by atoms with E-state index in [1.165, 1.54) is 0 Å². The van der Waals surface area contributed by atoms with E-state index in [0.717, 1.165) is 16.7 Å². The fourth-order valence-corrected chi connectivity index (χ4v) is 2.28. The van der Waals surface area contributed by atoms with Crippen LogP contribution in [0.3, 0.4) is 0 Å². The second-order valence-corrected chi connectivity index (χ2v) is 5.04. The van der Waals surface area contributed by atoms with E-state index in [1.54, 1.807) is 48.6 Å². The van der Waals surface area contributed by atoms with Crippen LogP contribution in [0.15, 0.2) is 54.9 Å². The Hall–Kier alpha value is -2.46. The molecule has 21 heavy (non-hydrogen) atoms. The van der Waals surface area contributed by atoms with Crippen LogP contribution in [0.1, 0.15) is 10.4 Å². The third-order valence-electron chi connectivity index (χ3n) is 3.22. The van der Waals surface area contributed by atoms with Crippen LogP contribution in [-0.2, 0) is 0 Å². The Balaban J connectivity index is 1.96. The standard InChI is InChI=1S/C16H12ClN3O/c1-20(16(21)11-3-2-4-12(17)9-11)13-5-6-14-15(10-13)19-8-7-18-14/h2-10H,1H3. The molecule has 0 aliphatic heterocycles. The molecule has 3 aromatic rings. The number of carbonyl (C=O) groups is 1. The lowest BCUT2D eigenvalue weighted by Crippen LogP contribution is -2.26. The van der Waals surface area contributed by atoms with Gasteiger partial charge in [0.25, 0.3) is 5.91 Å². The lowest BCUT2D eigenvalue weighted by molar-refractivity contribution is 0.0993. The fourth-order valence-electron chi connectivity index (χ4n) is 2.09. The predicted molar refractivity (Wildman–Crippen MR) is 83.7 cm³/mol. The number of anilines is 1. The molecule has 0 saturated heterocycles. The van der Waals surface area contributed by atoms with Crippen molar-refractivity contribution in [1.29, 1.82) is 0 Å². The van der Waals surface area contributed by atoms with Gasteiger partial charge in [-0.3, -0.25) is 14.8 Å². The summed E-state index contributed by atoms with van der Waals surface area (Å²) in [5.41, 5.74) is 2.85. The largest absolute Gasteiger partial charge is 0.311 e. The molecular formula is C16H12ClN3O. The maximum Gasteiger partial charge on any atom is 0.258 e. The molecule has 0 bridgehead atoms. The monoisotopic (exact) mass is 297 g/mol. The Labute approximate surface area is 127 Å². The molecule has 0 aliphatic rings. The summed E-state index contributed by atoms with van der Waals surface area (Å²) in [4.78, 5) is 22.5. The van der Waals surface area contributed by atoms with Gasteiger partial charge in [-0.15, -0.1) is 0 Å². The third-order valence-corrected chi connectivity index (χ3v) is 3.45. The smallest absolute Gasteiger partial charge is 0.258 e. The summed E-state index contributed by atoms with van der Waals surface area (Å²) < 4.78 is 0. The Morgan fingerprint density at radius 3 is 2.57 bits per heavy atom. The quantitative estimate of drug-likeness (QED) is 0.726. The summed E-state index contributed by atoms with van der Waals surface area (Å²) in [7, 11) is 1.72. The lowest BCUT2D eigenvalue weighted by atomic mass is 10.2. The number of aromatic nitrogens is 2. The van der Waals surface area contributed by atoms with Crippen LogP contribution in [0, 0.1) is 0 Å². The highest BCUT2D eigenvalue weighted by molar-refractivity contribution is 6.31. The third kappa shape index (κ3) is 2.71. The Kier molecular flexibility index (Phi) is 3.54. The molecule has 1 amide bonds. The van der Waals surface area contributed by atoms with Gasteiger partial charge in [-0.1, -0.05) is 17.7 Å². The van der Waals surface area contributed by atoms with Crippen molar-refractivity contribution in [2.75, 3.05) is 11.9 Å². The first kappa shape index (κ1) is 13.5. The van der Waals surface area contributed by atoms with Gasteiger partial charge in [0.1, 0.15) is 0 Å². The molecule has 2 aromatic carbocycles. The fraction of sp³-hybridized carbons (Fsp3) is 0.0625. The molecule has 3 rings (SSSR count). The van der Waals surface area contributed by atoms with E-state index in [-0.39, 0.29) is 5.91 Å². The number of halogens is 1. The molecule has 0 aliphatic carbocycles. The number of rotatable bonds is 2. The highest BCUT2D eigenvalue weighted by Gasteiger charge is 2.14. The van der Waals surface area contributed by atoms with Gasteiger partial charge >= 0.3 is 0 Å². The molecule has 0 N–H and O–H groups in total. The van der Waals surface area contributed by atoms with E-state index in [0.29, 0.717) is 10.6 Å². The highest BCUT2D eigenvalue weighted by Crippen LogP contribution is 2.21. The molecule has 0 atom stereocenters. The summed E-state index contributed by atoms with van der Waals surface area (Å²) in [6.07, 6.45) is 3.27. The molecular weight excluding hydrogens is 286 g/mol. The van der Waals surface area contributed by atoms with Gasteiger partial charge in [-0.05, 0) is 36.4 Å². The zero-order valence-electron chi connectivity index (χ0n) is 11.3. The van der Waals surface area contributed by atoms with Crippen molar-refractivity contribution in [2.45, 2.75) is 0 Å². The van der Waals surface area contributed by atoms with Gasteiger partial charge < -0.3 is 4.90 Å².